The van der Waals surface area contributed by atoms with Gasteiger partial charge in [0.25, 0.3) is 5.91 Å². The molecule has 0 saturated heterocycles. The van der Waals surface area contributed by atoms with Crippen LogP contribution in [0, 0.1) is 6.92 Å². The van der Waals surface area contributed by atoms with E-state index < -0.39 is 0 Å². The van der Waals surface area contributed by atoms with Crippen molar-refractivity contribution >= 4 is 46.7 Å². The van der Waals surface area contributed by atoms with E-state index in [1.165, 1.54) is 0 Å². The molecule has 34 heavy (non-hydrogen) atoms. The Morgan fingerprint density at radius 3 is 2.35 bits per heavy atom. The van der Waals surface area contributed by atoms with Crippen molar-refractivity contribution in [2.24, 2.45) is 4.99 Å². The highest BCUT2D eigenvalue weighted by molar-refractivity contribution is 6.32. The fraction of sp³-hybridized carbons (Fsp3) is 0.231. The highest BCUT2D eigenvalue weighted by atomic mass is 35.5. The van der Waals surface area contributed by atoms with Gasteiger partial charge in [-0.15, -0.1) is 0 Å². The lowest BCUT2D eigenvalue weighted by molar-refractivity contribution is -0.118. The number of amides is 1. The van der Waals surface area contributed by atoms with Crippen LogP contribution in [0.4, 0.5) is 11.4 Å². The van der Waals surface area contributed by atoms with E-state index in [-0.39, 0.29) is 12.5 Å². The molecule has 0 unspecified atom stereocenters. The lowest BCUT2D eigenvalue weighted by Crippen LogP contribution is -2.20. The van der Waals surface area contributed by atoms with E-state index in [9.17, 15) is 4.79 Å². The van der Waals surface area contributed by atoms with Crippen molar-refractivity contribution in [1.82, 2.24) is 0 Å². The number of ether oxygens (including phenoxy) is 3. The van der Waals surface area contributed by atoms with Crippen molar-refractivity contribution in [3.8, 4) is 17.2 Å². The number of aryl methyl sites for hydroxylation is 1. The molecule has 0 heterocycles. The Balaban J connectivity index is 1.70. The first-order chi connectivity index (χ1) is 16.4. The number of carbonyl (C=O) groups is 1. The first-order valence-corrected chi connectivity index (χ1v) is 11.6. The molecule has 8 heteroatoms. The van der Waals surface area contributed by atoms with Crippen molar-refractivity contribution in [3.63, 3.8) is 0 Å². The van der Waals surface area contributed by atoms with E-state index in [4.69, 9.17) is 37.4 Å². The maximum atomic E-state index is 12.4. The van der Waals surface area contributed by atoms with Crippen molar-refractivity contribution in [2.45, 2.75) is 20.8 Å². The second-order valence-corrected chi connectivity index (χ2v) is 8.06. The molecule has 0 aliphatic rings. The van der Waals surface area contributed by atoms with Gasteiger partial charge in [-0.2, -0.15) is 0 Å². The first-order valence-electron chi connectivity index (χ1n) is 10.8. The highest BCUT2D eigenvalue weighted by Gasteiger charge is 2.14. The van der Waals surface area contributed by atoms with Crippen LogP contribution in [0.25, 0.3) is 0 Å². The minimum Gasteiger partial charge on any atom is -0.494 e. The van der Waals surface area contributed by atoms with Gasteiger partial charge in [-0.05, 0) is 80.4 Å². The summed E-state index contributed by atoms with van der Waals surface area (Å²) in [6, 6.07) is 16.2. The zero-order valence-corrected chi connectivity index (χ0v) is 20.7. The summed E-state index contributed by atoms with van der Waals surface area (Å²) < 4.78 is 16.8. The fourth-order valence-corrected chi connectivity index (χ4v) is 3.47. The fourth-order valence-electron chi connectivity index (χ4n) is 3.02. The van der Waals surface area contributed by atoms with Crippen LogP contribution < -0.4 is 19.5 Å². The summed E-state index contributed by atoms with van der Waals surface area (Å²) >= 11 is 12.6. The lowest BCUT2D eigenvalue weighted by Gasteiger charge is -2.14. The molecule has 0 aliphatic heterocycles. The molecule has 0 aromatic heterocycles. The minimum absolute atomic E-state index is 0.245. The molecular weight excluding hydrogens is 475 g/mol. The van der Waals surface area contributed by atoms with Crippen LogP contribution in [0.5, 0.6) is 17.2 Å². The topological polar surface area (TPSA) is 69.2 Å². The standard InChI is InChI=1S/C26H26Cl2N2O4/c1-4-32-21-10-8-19(9-11-21)29-15-18-12-23(28)26(24(13-18)33-5-2)34-16-25(31)30-20-7-6-17(3)22(27)14-20/h6-15H,4-5,16H2,1-3H3,(H,30,31). The second-order valence-electron chi connectivity index (χ2n) is 7.25. The Labute approximate surface area is 209 Å². The van der Waals surface area contributed by atoms with Crippen molar-refractivity contribution < 1.29 is 19.0 Å². The summed E-state index contributed by atoms with van der Waals surface area (Å²) in [5.41, 5.74) is 3.01. The van der Waals surface area contributed by atoms with Gasteiger partial charge < -0.3 is 19.5 Å². The van der Waals surface area contributed by atoms with E-state index >= 15 is 0 Å². The van der Waals surface area contributed by atoms with Gasteiger partial charge in [-0.3, -0.25) is 9.79 Å². The van der Waals surface area contributed by atoms with E-state index in [2.05, 4.69) is 10.3 Å². The van der Waals surface area contributed by atoms with Crippen molar-refractivity contribution in [2.75, 3.05) is 25.1 Å². The molecule has 0 fully saturated rings. The van der Waals surface area contributed by atoms with E-state index in [0.29, 0.717) is 40.4 Å². The molecule has 178 valence electrons. The van der Waals surface area contributed by atoms with Gasteiger partial charge >= 0.3 is 0 Å². The van der Waals surface area contributed by atoms with Gasteiger partial charge in [0.2, 0.25) is 0 Å². The molecule has 3 rings (SSSR count). The number of halogens is 2. The quantitative estimate of drug-likeness (QED) is 0.308. The molecule has 0 saturated carbocycles. The third-order valence-corrected chi connectivity index (χ3v) is 5.33. The SMILES string of the molecule is CCOc1ccc(N=Cc2cc(Cl)c(OCC(=O)Nc3ccc(C)c(Cl)c3)c(OCC)c2)cc1. The second kappa shape index (κ2) is 12.3. The normalized spacial score (nSPS) is 10.9. The summed E-state index contributed by atoms with van der Waals surface area (Å²) in [6.07, 6.45) is 1.68. The number of nitrogens with zero attached hydrogens (tertiary/aromatic N) is 1. The molecule has 0 radical (unpaired) electrons. The number of carbonyl (C=O) groups excluding carboxylic acids is 1. The van der Waals surface area contributed by atoms with E-state index in [1.54, 1.807) is 30.5 Å². The predicted octanol–water partition coefficient (Wildman–Crippen LogP) is 6.87. The summed E-state index contributed by atoms with van der Waals surface area (Å²) in [5, 5.41) is 3.63. The Morgan fingerprint density at radius 1 is 0.941 bits per heavy atom. The molecule has 1 N–H and O–H groups in total. The molecule has 0 spiro atoms. The average Bonchev–Trinajstić information content (AvgIpc) is 2.81. The number of anilines is 1. The van der Waals surface area contributed by atoms with Crippen molar-refractivity contribution in [1.29, 1.82) is 0 Å². The minimum atomic E-state index is -0.348. The Kier molecular flexibility index (Phi) is 9.19. The van der Waals surface area contributed by atoms with Gasteiger partial charge in [-0.1, -0.05) is 29.3 Å². The molecule has 0 aliphatic carbocycles. The van der Waals surface area contributed by atoms with E-state index in [1.807, 2.05) is 51.1 Å². The maximum absolute atomic E-state index is 12.4. The molecule has 0 bridgehead atoms. The summed E-state index contributed by atoms with van der Waals surface area (Å²) in [5.74, 6) is 1.16. The van der Waals surface area contributed by atoms with Crippen LogP contribution in [-0.4, -0.2) is 31.9 Å². The third-order valence-electron chi connectivity index (χ3n) is 4.65. The summed E-state index contributed by atoms with van der Waals surface area (Å²) in [7, 11) is 0. The Hall–Kier alpha value is -3.22. The Morgan fingerprint density at radius 2 is 1.68 bits per heavy atom. The molecule has 3 aromatic rings. The van der Waals surface area contributed by atoms with Crippen LogP contribution in [0.2, 0.25) is 10.0 Å². The van der Waals surface area contributed by atoms with Crippen molar-refractivity contribution in [3.05, 3.63) is 75.8 Å². The van der Waals surface area contributed by atoms with Crippen LogP contribution >= 0.6 is 23.2 Å². The molecule has 6 nitrogen and oxygen atoms in total. The smallest absolute Gasteiger partial charge is 0.262 e. The predicted molar refractivity (Wildman–Crippen MR) is 138 cm³/mol. The highest BCUT2D eigenvalue weighted by Crippen LogP contribution is 2.36. The maximum Gasteiger partial charge on any atom is 0.262 e. The number of benzene rings is 3. The number of rotatable bonds is 10. The zero-order chi connectivity index (χ0) is 24.5. The third kappa shape index (κ3) is 7.14. The van der Waals surface area contributed by atoms with Gasteiger partial charge in [-0.25, -0.2) is 0 Å². The van der Waals surface area contributed by atoms with Crippen LogP contribution in [0.15, 0.2) is 59.6 Å². The lowest BCUT2D eigenvalue weighted by atomic mass is 10.2. The first kappa shape index (κ1) is 25.4. The van der Waals surface area contributed by atoms with Gasteiger partial charge in [0.1, 0.15) is 5.75 Å². The zero-order valence-electron chi connectivity index (χ0n) is 19.2. The Bertz CT molecular complexity index is 1160. The summed E-state index contributed by atoms with van der Waals surface area (Å²) in [4.78, 5) is 16.8. The van der Waals surface area contributed by atoms with Gasteiger partial charge in [0, 0.05) is 16.9 Å². The summed E-state index contributed by atoms with van der Waals surface area (Å²) in [6.45, 7) is 6.45. The molecule has 1 amide bonds. The van der Waals surface area contributed by atoms with Crippen LogP contribution in [-0.2, 0) is 4.79 Å². The molecular formula is C26H26Cl2N2O4. The largest absolute Gasteiger partial charge is 0.494 e. The number of hydrogen-bond donors (Lipinski definition) is 1. The molecule has 3 aromatic carbocycles. The monoisotopic (exact) mass is 500 g/mol. The number of nitrogens with one attached hydrogen (secondary N) is 1. The van der Waals surface area contributed by atoms with E-state index in [0.717, 1.165) is 22.6 Å². The number of hydrogen-bond acceptors (Lipinski definition) is 5. The molecule has 0 atom stereocenters. The number of aliphatic imine (C=N–C) groups is 1. The van der Waals surface area contributed by atoms with Gasteiger partial charge in [0.15, 0.2) is 18.1 Å². The van der Waals surface area contributed by atoms with Crippen LogP contribution in [0.1, 0.15) is 25.0 Å². The average molecular weight is 501 g/mol. The van der Waals surface area contributed by atoms with Gasteiger partial charge in [0.05, 0.1) is 23.9 Å². The van der Waals surface area contributed by atoms with Crippen LogP contribution in [0.3, 0.4) is 0 Å².